The molecule has 19 heavy (non-hydrogen) atoms. The monoisotopic (exact) mass is 390 g/mol. The summed E-state index contributed by atoms with van der Waals surface area (Å²) in [6.07, 6.45) is 0.889. The predicted molar refractivity (Wildman–Crippen MR) is 81.8 cm³/mol. The zero-order valence-electron chi connectivity index (χ0n) is 10.2. The molecule has 100 valence electrons. The van der Waals surface area contributed by atoms with E-state index in [1.54, 1.807) is 17.4 Å². The van der Waals surface area contributed by atoms with Gasteiger partial charge in [0, 0.05) is 8.95 Å². The third-order valence-electron chi connectivity index (χ3n) is 2.50. The lowest BCUT2D eigenvalue weighted by atomic mass is 10.2. The lowest BCUT2D eigenvalue weighted by Crippen LogP contribution is -2.24. The van der Waals surface area contributed by atoms with Crippen LogP contribution in [-0.4, -0.2) is 10.9 Å². The van der Waals surface area contributed by atoms with Gasteiger partial charge in [-0.05, 0) is 47.2 Å². The number of nitrogens with one attached hydrogen (secondary N) is 1. The van der Waals surface area contributed by atoms with Crippen LogP contribution in [0.5, 0.6) is 0 Å². The minimum absolute atomic E-state index is 0.282. The largest absolute Gasteiger partial charge is 0.346 e. The van der Waals surface area contributed by atoms with E-state index in [2.05, 4.69) is 10.3 Å². The third-order valence-corrected chi connectivity index (χ3v) is 4.49. The van der Waals surface area contributed by atoms with Crippen LogP contribution in [0.15, 0.2) is 23.6 Å². The van der Waals surface area contributed by atoms with Gasteiger partial charge in [0.05, 0.1) is 22.8 Å². The summed E-state index contributed by atoms with van der Waals surface area (Å²) in [5.41, 5.74) is 1.19. The number of hydrogen-bond acceptors (Lipinski definition) is 3. The van der Waals surface area contributed by atoms with Gasteiger partial charge in [-0.1, -0.05) is 6.92 Å². The summed E-state index contributed by atoms with van der Waals surface area (Å²) >= 11 is 3.59. The molecule has 0 aliphatic heterocycles. The second kappa shape index (κ2) is 6.42. The van der Waals surface area contributed by atoms with Gasteiger partial charge in [0.15, 0.2) is 0 Å². The Morgan fingerprint density at radius 1 is 1.53 bits per heavy atom. The molecular formula is C13H12FIN2OS. The fraction of sp³-hybridized carbons (Fsp3) is 0.231. The minimum Gasteiger partial charge on any atom is -0.346 e. The number of benzene rings is 1. The Kier molecular flexibility index (Phi) is 4.87. The first-order chi connectivity index (χ1) is 9.10. The Labute approximate surface area is 128 Å². The van der Waals surface area contributed by atoms with Crippen molar-refractivity contribution in [1.29, 1.82) is 0 Å². The van der Waals surface area contributed by atoms with Crippen LogP contribution < -0.4 is 5.32 Å². The Bertz CT molecular complexity index is 600. The molecule has 0 aliphatic carbocycles. The van der Waals surface area contributed by atoms with Crippen LogP contribution in [0.2, 0.25) is 0 Å². The fourth-order valence-corrected chi connectivity index (χ4v) is 2.86. The van der Waals surface area contributed by atoms with Crippen molar-refractivity contribution in [3.8, 4) is 0 Å². The standard InChI is InChI=1S/C13H12FIN2OS/c1-2-12-17-9(7-19-12)6-16-13(18)10-5-8(14)3-4-11(10)15/h3-5,7H,2,6H2,1H3,(H,16,18). The third kappa shape index (κ3) is 3.73. The molecule has 0 atom stereocenters. The van der Waals surface area contributed by atoms with Crippen LogP contribution >= 0.6 is 33.9 Å². The first-order valence-electron chi connectivity index (χ1n) is 5.76. The van der Waals surface area contributed by atoms with Crippen LogP contribution in [0.4, 0.5) is 4.39 Å². The number of halogens is 2. The number of thiazole rings is 1. The van der Waals surface area contributed by atoms with Gasteiger partial charge < -0.3 is 5.32 Å². The van der Waals surface area contributed by atoms with Gasteiger partial charge in [-0.15, -0.1) is 11.3 Å². The summed E-state index contributed by atoms with van der Waals surface area (Å²) in [7, 11) is 0. The number of hydrogen-bond donors (Lipinski definition) is 1. The quantitative estimate of drug-likeness (QED) is 0.814. The molecule has 6 heteroatoms. The summed E-state index contributed by atoms with van der Waals surface area (Å²) in [4.78, 5) is 16.3. The van der Waals surface area contributed by atoms with Crippen molar-refractivity contribution in [2.45, 2.75) is 19.9 Å². The number of amides is 1. The summed E-state index contributed by atoms with van der Waals surface area (Å²) < 4.78 is 13.9. The lowest BCUT2D eigenvalue weighted by Gasteiger charge is -2.05. The van der Waals surface area contributed by atoms with Crippen molar-refractivity contribution in [3.05, 3.63) is 49.2 Å². The number of nitrogens with zero attached hydrogens (tertiary/aromatic N) is 1. The van der Waals surface area contributed by atoms with Crippen molar-refractivity contribution in [3.63, 3.8) is 0 Å². The SMILES string of the molecule is CCc1nc(CNC(=O)c2cc(F)ccc2I)cs1. The lowest BCUT2D eigenvalue weighted by molar-refractivity contribution is 0.0949. The second-order valence-electron chi connectivity index (χ2n) is 3.89. The van der Waals surface area contributed by atoms with Crippen LogP contribution in [0.25, 0.3) is 0 Å². The van der Waals surface area contributed by atoms with Gasteiger partial charge in [0.1, 0.15) is 5.82 Å². The fourth-order valence-electron chi connectivity index (χ4n) is 1.53. The first-order valence-corrected chi connectivity index (χ1v) is 7.72. The van der Waals surface area contributed by atoms with E-state index >= 15 is 0 Å². The number of aromatic nitrogens is 1. The maximum atomic E-state index is 13.1. The van der Waals surface area contributed by atoms with Crippen molar-refractivity contribution >= 4 is 39.8 Å². The zero-order valence-corrected chi connectivity index (χ0v) is 13.2. The van der Waals surface area contributed by atoms with Gasteiger partial charge in [-0.2, -0.15) is 0 Å². The molecule has 1 heterocycles. The van der Waals surface area contributed by atoms with Crippen LogP contribution in [0, 0.1) is 9.39 Å². The number of carbonyl (C=O) groups is 1. The normalized spacial score (nSPS) is 10.5. The first kappa shape index (κ1) is 14.4. The molecule has 0 aliphatic rings. The van der Waals surface area contributed by atoms with E-state index in [1.807, 2.05) is 34.9 Å². The zero-order chi connectivity index (χ0) is 13.8. The minimum atomic E-state index is -0.410. The molecule has 0 spiro atoms. The van der Waals surface area contributed by atoms with Gasteiger partial charge >= 0.3 is 0 Å². The average molecular weight is 390 g/mol. The van der Waals surface area contributed by atoms with Gasteiger partial charge in [0.25, 0.3) is 5.91 Å². The van der Waals surface area contributed by atoms with Crippen LogP contribution in [0.3, 0.4) is 0 Å². The summed E-state index contributed by atoms with van der Waals surface area (Å²) in [5, 5.41) is 5.73. The average Bonchev–Trinajstić information content (AvgIpc) is 2.87. The molecule has 0 radical (unpaired) electrons. The van der Waals surface area contributed by atoms with Gasteiger partial charge in [-0.25, -0.2) is 9.37 Å². The molecule has 1 amide bonds. The van der Waals surface area contributed by atoms with E-state index in [4.69, 9.17) is 0 Å². The highest BCUT2D eigenvalue weighted by molar-refractivity contribution is 14.1. The molecule has 0 fully saturated rings. The smallest absolute Gasteiger partial charge is 0.252 e. The van der Waals surface area contributed by atoms with Crippen molar-refractivity contribution < 1.29 is 9.18 Å². The van der Waals surface area contributed by atoms with Crippen molar-refractivity contribution in [2.24, 2.45) is 0 Å². The maximum absolute atomic E-state index is 13.1. The molecule has 0 unspecified atom stereocenters. The predicted octanol–water partition coefficient (Wildman–Crippen LogP) is 3.38. The van der Waals surface area contributed by atoms with Crippen molar-refractivity contribution in [2.75, 3.05) is 0 Å². The Morgan fingerprint density at radius 2 is 2.32 bits per heavy atom. The van der Waals surface area contributed by atoms with Gasteiger partial charge in [-0.3, -0.25) is 4.79 Å². The highest BCUT2D eigenvalue weighted by atomic mass is 127. The van der Waals surface area contributed by atoms with E-state index < -0.39 is 5.82 Å². The molecule has 1 N–H and O–H groups in total. The van der Waals surface area contributed by atoms with E-state index in [1.165, 1.54) is 12.1 Å². The van der Waals surface area contributed by atoms with E-state index in [0.717, 1.165) is 20.7 Å². The Balaban J connectivity index is 2.03. The molecule has 1 aromatic heterocycles. The molecule has 2 aromatic rings. The Hall–Kier alpha value is -1.02. The molecule has 3 nitrogen and oxygen atoms in total. The number of carbonyl (C=O) groups excluding carboxylic acids is 1. The molecule has 1 aromatic carbocycles. The molecule has 0 saturated carbocycles. The van der Waals surface area contributed by atoms with Crippen LogP contribution in [0.1, 0.15) is 28.0 Å². The number of rotatable bonds is 4. The van der Waals surface area contributed by atoms with E-state index in [9.17, 15) is 9.18 Å². The second-order valence-corrected chi connectivity index (χ2v) is 6.00. The van der Waals surface area contributed by atoms with E-state index in [-0.39, 0.29) is 5.91 Å². The highest BCUT2D eigenvalue weighted by Gasteiger charge is 2.11. The molecular weight excluding hydrogens is 378 g/mol. The molecule has 0 saturated heterocycles. The molecule has 2 rings (SSSR count). The Morgan fingerprint density at radius 3 is 3.00 bits per heavy atom. The summed E-state index contributed by atoms with van der Waals surface area (Å²) in [6.45, 7) is 2.40. The van der Waals surface area contributed by atoms with E-state index in [0.29, 0.717) is 12.1 Å². The highest BCUT2D eigenvalue weighted by Crippen LogP contribution is 2.14. The number of aryl methyl sites for hydroxylation is 1. The van der Waals surface area contributed by atoms with Crippen LogP contribution in [-0.2, 0) is 13.0 Å². The van der Waals surface area contributed by atoms with Crippen molar-refractivity contribution in [1.82, 2.24) is 10.3 Å². The topological polar surface area (TPSA) is 42.0 Å². The molecule has 0 bridgehead atoms. The van der Waals surface area contributed by atoms with Gasteiger partial charge in [0.2, 0.25) is 0 Å². The maximum Gasteiger partial charge on any atom is 0.252 e. The summed E-state index contributed by atoms with van der Waals surface area (Å²) in [5.74, 6) is -0.692. The summed E-state index contributed by atoms with van der Waals surface area (Å²) in [6, 6.07) is 4.17.